The van der Waals surface area contributed by atoms with Crippen LogP contribution in [0.1, 0.15) is 62.0 Å². The highest BCUT2D eigenvalue weighted by Gasteiger charge is 2.21. The van der Waals surface area contributed by atoms with Gasteiger partial charge in [-0.3, -0.25) is 9.69 Å². The SMILES string of the molecule is CC(C)(C)c1ccc(CCC(=O)N2CCN(CCCc3nc(Cc4ccccc4)no3)CC2)cc1. The van der Waals surface area contributed by atoms with E-state index in [2.05, 4.69) is 72.2 Å². The van der Waals surface area contributed by atoms with Crippen LogP contribution in [0.25, 0.3) is 0 Å². The molecule has 0 spiro atoms. The van der Waals surface area contributed by atoms with Gasteiger partial charge in [-0.1, -0.05) is 80.5 Å². The van der Waals surface area contributed by atoms with E-state index in [1.54, 1.807) is 0 Å². The Morgan fingerprint density at radius 1 is 0.914 bits per heavy atom. The van der Waals surface area contributed by atoms with E-state index in [-0.39, 0.29) is 11.3 Å². The highest BCUT2D eigenvalue weighted by Crippen LogP contribution is 2.22. The lowest BCUT2D eigenvalue weighted by molar-refractivity contribution is -0.132. The molecule has 0 atom stereocenters. The quantitative estimate of drug-likeness (QED) is 0.451. The van der Waals surface area contributed by atoms with Crippen molar-refractivity contribution in [2.24, 2.45) is 0 Å². The normalized spacial score (nSPS) is 14.9. The first-order valence-corrected chi connectivity index (χ1v) is 12.8. The Morgan fingerprint density at radius 3 is 2.31 bits per heavy atom. The molecular weight excluding hydrogens is 436 g/mol. The molecule has 6 heteroatoms. The fourth-order valence-corrected chi connectivity index (χ4v) is 4.50. The molecule has 0 bridgehead atoms. The monoisotopic (exact) mass is 474 g/mol. The number of hydrogen-bond donors (Lipinski definition) is 0. The average Bonchev–Trinajstić information content (AvgIpc) is 3.30. The van der Waals surface area contributed by atoms with Crippen molar-refractivity contribution in [1.82, 2.24) is 19.9 Å². The average molecular weight is 475 g/mol. The highest BCUT2D eigenvalue weighted by atomic mass is 16.5. The molecule has 0 unspecified atom stereocenters. The first-order chi connectivity index (χ1) is 16.9. The van der Waals surface area contributed by atoms with Crippen molar-refractivity contribution in [3.8, 4) is 0 Å². The largest absolute Gasteiger partial charge is 0.340 e. The number of carbonyl (C=O) groups is 1. The van der Waals surface area contributed by atoms with Gasteiger partial charge in [0.2, 0.25) is 11.8 Å². The van der Waals surface area contributed by atoms with Gasteiger partial charge in [0.05, 0.1) is 0 Å². The van der Waals surface area contributed by atoms with Gasteiger partial charge in [-0.25, -0.2) is 0 Å². The van der Waals surface area contributed by atoms with Gasteiger partial charge < -0.3 is 9.42 Å². The molecule has 1 fully saturated rings. The number of carbonyl (C=O) groups excluding carboxylic acids is 1. The van der Waals surface area contributed by atoms with E-state index in [0.717, 1.165) is 57.8 Å². The van der Waals surface area contributed by atoms with Crippen molar-refractivity contribution in [2.45, 2.75) is 58.3 Å². The van der Waals surface area contributed by atoms with Crippen LogP contribution in [-0.4, -0.2) is 58.6 Å². The Bertz CT molecular complexity index is 1060. The van der Waals surface area contributed by atoms with Crippen LogP contribution in [0.5, 0.6) is 0 Å². The number of hydrogen-bond acceptors (Lipinski definition) is 5. The van der Waals surface area contributed by atoms with Crippen LogP contribution in [0.3, 0.4) is 0 Å². The molecule has 1 amide bonds. The second-order valence-corrected chi connectivity index (χ2v) is 10.5. The minimum absolute atomic E-state index is 0.157. The summed E-state index contributed by atoms with van der Waals surface area (Å²) in [6.07, 6.45) is 3.85. The summed E-state index contributed by atoms with van der Waals surface area (Å²) in [5, 5.41) is 4.12. The van der Waals surface area contributed by atoms with E-state index < -0.39 is 0 Å². The number of aromatic nitrogens is 2. The van der Waals surface area contributed by atoms with Gasteiger partial charge in [-0.15, -0.1) is 0 Å². The van der Waals surface area contributed by atoms with E-state index in [4.69, 9.17) is 4.52 Å². The Balaban J connectivity index is 1.13. The van der Waals surface area contributed by atoms with Crippen molar-refractivity contribution >= 4 is 5.91 Å². The molecule has 1 aromatic heterocycles. The van der Waals surface area contributed by atoms with Crippen LogP contribution in [-0.2, 0) is 29.5 Å². The molecule has 0 N–H and O–H groups in total. The van der Waals surface area contributed by atoms with Crippen molar-refractivity contribution < 1.29 is 9.32 Å². The van der Waals surface area contributed by atoms with E-state index in [1.165, 1.54) is 16.7 Å². The number of nitrogens with zero attached hydrogens (tertiary/aromatic N) is 4. The summed E-state index contributed by atoms with van der Waals surface area (Å²) in [6.45, 7) is 11.1. The zero-order valence-corrected chi connectivity index (χ0v) is 21.4. The summed E-state index contributed by atoms with van der Waals surface area (Å²) in [5.41, 5.74) is 3.91. The molecule has 35 heavy (non-hydrogen) atoms. The Kier molecular flexibility index (Phi) is 8.34. The van der Waals surface area contributed by atoms with Crippen molar-refractivity contribution in [1.29, 1.82) is 0 Å². The van der Waals surface area contributed by atoms with E-state index in [1.807, 2.05) is 23.1 Å². The third-order valence-electron chi connectivity index (χ3n) is 6.75. The minimum atomic E-state index is 0.157. The Hall–Kier alpha value is -2.99. The molecule has 186 valence electrons. The topological polar surface area (TPSA) is 62.5 Å². The summed E-state index contributed by atoms with van der Waals surface area (Å²) in [6, 6.07) is 18.9. The maximum absolute atomic E-state index is 12.7. The van der Waals surface area contributed by atoms with Crippen LogP contribution in [0.15, 0.2) is 59.1 Å². The van der Waals surface area contributed by atoms with E-state index in [0.29, 0.717) is 18.7 Å². The van der Waals surface area contributed by atoms with Gasteiger partial charge in [-0.05, 0) is 41.5 Å². The summed E-state index contributed by atoms with van der Waals surface area (Å²) >= 11 is 0. The molecule has 6 nitrogen and oxygen atoms in total. The van der Waals surface area contributed by atoms with Gasteiger partial charge in [0.1, 0.15) is 0 Å². The number of aryl methyl sites for hydroxylation is 2. The molecule has 3 aromatic rings. The maximum Gasteiger partial charge on any atom is 0.226 e. The Labute approximate surface area is 209 Å². The molecule has 1 aliphatic heterocycles. The highest BCUT2D eigenvalue weighted by molar-refractivity contribution is 5.76. The second kappa shape index (κ2) is 11.6. The van der Waals surface area contributed by atoms with E-state index in [9.17, 15) is 4.79 Å². The van der Waals surface area contributed by atoms with Gasteiger partial charge in [0.15, 0.2) is 5.82 Å². The fraction of sp³-hybridized carbons (Fsp3) is 0.483. The number of amides is 1. The lowest BCUT2D eigenvalue weighted by atomic mass is 9.86. The molecular formula is C29H38N4O2. The number of benzene rings is 2. The van der Waals surface area contributed by atoms with Gasteiger partial charge in [-0.2, -0.15) is 4.98 Å². The van der Waals surface area contributed by atoms with Crippen LogP contribution in [0, 0.1) is 0 Å². The van der Waals surface area contributed by atoms with Crippen LogP contribution < -0.4 is 0 Å². The number of piperazine rings is 1. The molecule has 0 radical (unpaired) electrons. The zero-order chi connectivity index (χ0) is 24.7. The molecule has 2 aromatic carbocycles. The van der Waals surface area contributed by atoms with Gasteiger partial charge in [0.25, 0.3) is 0 Å². The standard InChI is InChI=1S/C29H38N4O2/c1-29(2,3)25-14-11-23(12-15-25)13-16-28(34)33-20-18-32(19-21-33)17-7-10-27-30-26(31-35-27)22-24-8-5-4-6-9-24/h4-6,8-9,11-12,14-15H,7,10,13,16-22H2,1-3H3. The molecule has 2 heterocycles. The predicted octanol–water partition coefficient (Wildman–Crippen LogP) is 4.67. The summed E-state index contributed by atoms with van der Waals surface area (Å²) in [7, 11) is 0. The molecule has 4 rings (SSSR count). The first kappa shape index (κ1) is 25.1. The summed E-state index contributed by atoms with van der Waals surface area (Å²) in [5.74, 6) is 1.71. The van der Waals surface area contributed by atoms with Gasteiger partial charge >= 0.3 is 0 Å². The lowest BCUT2D eigenvalue weighted by Crippen LogP contribution is -2.48. The smallest absolute Gasteiger partial charge is 0.226 e. The zero-order valence-electron chi connectivity index (χ0n) is 21.4. The molecule has 0 saturated carbocycles. The molecule has 1 aliphatic rings. The summed E-state index contributed by atoms with van der Waals surface area (Å²) < 4.78 is 5.43. The molecule has 1 saturated heterocycles. The second-order valence-electron chi connectivity index (χ2n) is 10.5. The third-order valence-corrected chi connectivity index (χ3v) is 6.75. The third kappa shape index (κ3) is 7.49. The van der Waals surface area contributed by atoms with Crippen LogP contribution in [0.2, 0.25) is 0 Å². The first-order valence-electron chi connectivity index (χ1n) is 12.8. The van der Waals surface area contributed by atoms with Crippen molar-refractivity contribution in [3.63, 3.8) is 0 Å². The van der Waals surface area contributed by atoms with E-state index >= 15 is 0 Å². The number of rotatable bonds is 9. The van der Waals surface area contributed by atoms with Crippen molar-refractivity contribution in [2.75, 3.05) is 32.7 Å². The van der Waals surface area contributed by atoms with Gasteiger partial charge in [0, 0.05) is 45.4 Å². The fourth-order valence-electron chi connectivity index (χ4n) is 4.50. The van der Waals surface area contributed by atoms with Crippen molar-refractivity contribution in [3.05, 3.63) is 83.0 Å². The lowest BCUT2D eigenvalue weighted by Gasteiger charge is -2.34. The maximum atomic E-state index is 12.7. The minimum Gasteiger partial charge on any atom is -0.340 e. The van der Waals surface area contributed by atoms with Crippen LogP contribution in [0.4, 0.5) is 0 Å². The Morgan fingerprint density at radius 2 is 1.63 bits per heavy atom. The predicted molar refractivity (Wildman–Crippen MR) is 138 cm³/mol. The van der Waals surface area contributed by atoms with Crippen LogP contribution >= 0.6 is 0 Å². The molecule has 0 aliphatic carbocycles. The summed E-state index contributed by atoms with van der Waals surface area (Å²) in [4.78, 5) is 21.7.